The number of carbonyl (C=O) groups is 1. The third kappa shape index (κ3) is 4.00. The Kier molecular flexibility index (Phi) is 6.03. The Hall–Kier alpha value is -4.28. The molecule has 3 aromatic rings. The fourth-order valence-electron chi connectivity index (χ4n) is 3.73. The molecule has 0 radical (unpaired) electrons. The molecule has 0 saturated heterocycles. The van der Waals surface area contributed by atoms with Gasteiger partial charge in [-0.05, 0) is 47.2 Å². The second kappa shape index (κ2) is 9.07. The summed E-state index contributed by atoms with van der Waals surface area (Å²) in [7, 11) is 6.20. The maximum Gasteiger partial charge on any atom is 0.255 e. The topological polar surface area (TPSA) is 122 Å². The number of benzene rings is 2. The Bertz CT molecular complexity index is 1220. The minimum absolute atomic E-state index is 0.343. The molecule has 0 spiro atoms. The first-order valence-electron chi connectivity index (χ1n) is 10.0. The highest BCUT2D eigenvalue weighted by atomic mass is 16.5. The Balaban J connectivity index is 1.77. The molecule has 1 aromatic heterocycles. The van der Waals surface area contributed by atoms with Crippen LogP contribution < -0.4 is 29.6 Å². The lowest BCUT2D eigenvalue weighted by Crippen LogP contribution is -2.31. The van der Waals surface area contributed by atoms with Gasteiger partial charge in [-0.3, -0.25) is 4.79 Å². The number of methoxy groups -OCH3 is 4. The van der Waals surface area contributed by atoms with Crippen LogP contribution in [-0.4, -0.2) is 54.6 Å². The van der Waals surface area contributed by atoms with Gasteiger partial charge in [0, 0.05) is 11.8 Å². The van der Waals surface area contributed by atoms with Crippen LogP contribution in [0.5, 0.6) is 23.0 Å². The third-order valence-corrected chi connectivity index (χ3v) is 5.34. The molecular formula is C22H24N6O5. The number of hydrogen-bond acceptors (Lipinski definition) is 9. The van der Waals surface area contributed by atoms with Crippen molar-refractivity contribution in [3.63, 3.8) is 0 Å². The van der Waals surface area contributed by atoms with Gasteiger partial charge in [-0.1, -0.05) is 11.2 Å². The normalized spacial score (nSPS) is 14.8. The van der Waals surface area contributed by atoms with E-state index >= 15 is 0 Å². The van der Waals surface area contributed by atoms with E-state index in [2.05, 4.69) is 26.2 Å². The first-order chi connectivity index (χ1) is 16.0. The lowest BCUT2D eigenvalue weighted by molar-refractivity contribution is -0.113. The molecule has 0 bridgehead atoms. The highest BCUT2D eigenvalue weighted by molar-refractivity contribution is 6.06. The Morgan fingerprint density at radius 3 is 2.42 bits per heavy atom. The number of allylic oxidation sites excluding steroid dienone is 1. The van der Waals surface area contributed by atoms with Gasteiger partial charge in [0.25, 0.3) is 5.91 Å². The zero-order valence-corrected chi connectivity index (χ0v) is 18.9. The minimum atomic E-state index is -0.611. The summed E-state index contributed by atoms with van der Waals surface area (Å²) in [5.74, 6) is 2.26. The molecule has 0 fully saturated rings. The number of fused-ring (bicyclic) bond motifs is 1. The van der Waals surface area contributed by atoms with E-state index in [0.717, 1.165) is 5.56 Å². The summed E-state index contributed by atoms with van der Waals surface area (Å²) < 4.78 is 23.0. The van der Waals surface area contributed by atoms with Crippen LogP contribution in [0.25, 0.3) is 0 Å². The van der Waals surface area contributed by atoms with Crippen LogP contribution in [0.4, 0.5) is 11.6 Å². The number of hydrogen-bond donors (Lipinski definition) is 2. The second-order valence-electron chi connectivity index (χ2n) is 7.15. The fourth-order valence-corrected chi connectivity index (χ4v) is 3.73. The Labute approximate surface area is 190 Å². The molecule has 2 aromatic carbocycles. The van der Waals surface area contributed by atoms with Crippen LogP contribution in [0.2, 0.25) is 0 Å². The van der Waals surface area contributed by atoms with Crippen LogP contribution >= 0.6 is 0 Å². The van der Waals surface area contributed by atoms with E-state index in [1.807, 2.05) is 6.07 Å². The molecule has 2 N–H and O–H groups in total. The van der Waals surface area contributed by atoms with Gasteiger partial charge >= 0.3 is 0 Å². The predicted octanol–water partition coefficient (Wildman–Crippen LogP) is 2.64. The van der Waals surface area contributed by atoms with Crippen molar-refractivity contribution in [1.29, 1.82) is 0 Å². The zero-order valence-electron chi connectivity index (χ0n) is 18.9. The summed E-state index contributed by atoms with van der Waals surface area (Å²) in [4.78, 5) is 13.6. The summed E-state index contributed by atoms with van der Waals surface area (Å²) in [6.45, 7) is 1.80. The van der Waals surface area contributed by atoms with Crippen LogP contribution in [0.1, 0.15) is 18.5 Å². The van der Waals surface area contributed by atoms with Crippen LogP contribution in [0.3, 0.4) is 0 Å². The van der Waals surface area contributed by atoms with Gasteiger partial charge in [0.2, 0.25) is 5.95 Å². The summed E-state index contributed by atoms with van der Waals surface area (Å²) >= 11 is 0. The van der Waals surface area contributed by atoms with E-state index in [-0.39, 0.29) is 5.91 Å². The second-order valence-corrected chi connectivity index (χ2v) is 7.15. The van der Waals surface area contributed by atoms with E-state index in [1.54, 1.807) is 63.3 Å². The van der Waals surface area contributed by atoms with Crippen LogP contribution in [0, 0.1) is 0 Å². The van der Waals surface area contributed by atoms with Crippen LogP contribution in [0.15, 0.2) is 47.7 Å². The number of rotatable bonds is 7. The molecule has 1 aliphatic heterocycles. The molecule has 1 aliphatic rings. The van der Waals surface area contributed by atoms with Gasteiger partial charge in [0.15, 0.2) is 11.5 Å². The molecule has 0 aliphatic carbocycles. The highest BCUT2D eigenvalue weighted by Gasteiger charge is 2.34. The van der Waals surface area contributed by atoms with Gasteiger partial charge in [-0.25, -0.2) is 0 Å². The first kappa shape index (κ1) is 21.9. The van der Waals surface area contributed by atoms with Crippen LogP contribution in [-0.2, 0) is 4.79 Å². The maximum absolute atomic E-state index is 13.6. The van der Waals surface area contributed by atoms with E-state index in [9.17, 15) is 4.79 Å². The van der Waals surface area contributed by atoms with Gasteiger partial charge in [0.05, 0.1) is 39.7 Å². The number of nitrogens with one attached hydrogen (secondary N) is 2. The molecule has 4 rings (SSSR count). The first-order valence-corrected chi connectivity index (χ1v) is 10.0. The number of anilines is 2. The number of amides is 1. The third-order valence-electron chi connectivity index (χ3n) is 5.34. The summed E-state index contributed by atoms with van der Waals surface area (Å²) in [6.07, 6.45) is 0. The molecule has 1 amide bonds. The quantitative estimate of drug-likeness (QED) is 0.557. The largest absolute Gasteiger partial charge is 0.497 e. The summed E-state index contributed by atoms with van der Waals surface area (Å²) in [5.41, 5.74) is 2.29. The fraction of sp³-hybridized carbons (Fsp3) is 0.273. The smallest absolute Gasteiger partial charge is 0.255 e. The van der Waals surface area contributed by atoms with Gasteiger partial charge in [-0.2, -0.15) is 4.68 Å². The average Bonchev–Trinajstić information content (AvgIpc) is 3.30. The zero-order chi connectivity index (χ0) is 23.5. The van der Waals surface area contributed by atoms with E-state index in [0.29, 0.717) is 45.9 Å². The van der Waals surface area contributed by atoms with Gasteiger partial charge < -0.3 is 29.6 Å². The van der Waals surface area contributed by atoms with Crippen molar-refractivity contribution in [2.24, 2.45) is 0 Å². The number of carbonyl (C=O) groups excluding carboxylic acids is 1. The van der Waals surface area contributed by atoms with Gasteiger partial charge in [0.1, 0.15) is 17.5 Å². The molecule has 0 unspecified atom stereocenters. The lowest BCUT2D eigenvalue weighted by Gasteiger charge is -2.28. The minimum Gasteiger partial charge on any atom is -0.497 e. The Morgan fingerprint density at radius 1 is 0.970 bits per heavy atom. The summed E-state index contributed by atoms with van der Waals surface area (Å²) in [6, 6.07) is 9.96. The SMILES string of the molecule is COc1ccc(NC(=O)C2=C(C)Nc3nnnn3[C@@H]2c2ccc(OC)c(OC)c2)c(OC)c1. The molecule has 0 saturated carbocycles. The molecule has 2 heterocycles. The van der Waals surface area contributed by atoms with Crippen molar-refractivity contribution in [2.45, 2.75) is 13.0 Å². The molecule has 172 valence electrons. The highest BCUT2D eigenvalue weighted by Crippen LogP contribution is 2.39. The van der Waals surface area contributed by atoms with E-state index in [4.69, 9.17) is 18.9 Å². The van der Waals surface area contributed by atoms with Gasteiger partial charge in [-0.15, -0.1) is 0 Å². The monoisotopic (exact) mass is 452 g/mol. The van der Waals surface area contributed by atoms with E-state index in [1.165, 1.54) is 7.11 Å². The molecule has 11 nitrogen and oxygen atoms in total. The standard InChI is InChI=1S/C22H24N6O5/c1-12-19(21(29)24-15-8-7-14(30-2)11-17(15)32-4)20(28-22(23-12)25-26-27-28)13-6-9-16(31-3)18(10-13)33-5/h6-11,20H,1-5H3,(H,24,29)(H,23,25,27)/t20-/m1/s1. The summed E-state index contributed by atoms with van der Waals surface area (Å²) in [5, 5.41) is 17.9. The van der Waals surface area contributed by atoms with Crippen molar-refractivity contribution < 1.29 is 23.7 Å². The number of nitrogens with zero attached hydrogens (tertiary/aromatic N) is 4. The van der Waals surface area contributed by atoms with E-state index < -0.39 is 6.04 Å². The number of ether oxygens (including phenoxy) is 4. The number of tetrazole rings is 1. The van der Waals surface area contributed by atoms with Crippen molar-refractivity contribution >= 4 is 17.5 Å². The lowest BCUT2D eigenvalue weighted by atomic mass is 9.94. The molecule has 1 atom stereocenters. The Morgan fingerprint density at radius 2 is 1.73 bits per heavy atom. The number of aromatic nitrogens is 4. The molecule has 33 heavy (non-hydrogen) atoms. The maximum atomic E-state index is 13.6. The molecule has 11 heteroatoms. The van der Waals surface area contributed by atoms with Crippen molar-refractivity contribution in [1.82, 2.24) is 20.2 Å². The average molecular weight is 452 g/mol. The van der Waals surface area contributed by atoms with Crippen molar-refractivity contribution in [3.05, 3.63) is 53.2 Å². The van der Waals surface area contributed by atoms with Crippen molar-refractivity contribution in [2.75, 3.05) is 39.1 Å². The van der Waals surface area contributed by atoms with Crippen molar-refractivity contribution in [3.8, 4) is 23.0 Å². The molecular weight excluding hydrogens is 428 g/mol. The predicted molar refractivity (Wildman–Crippen MR) is 120 cm³/mol.